The molecule has 0 amide bonds. The van der Waals surface area contributed by atoms with Crippen LogP contribution in [0, 0.1) is 132 Å². The predicted molar refractivity (Wildman–Crippen MR) is 49.6 cm³/mol. The molecule has 17 heavy (non-hydrogen) atoms. The van der Waals surface area contributed by atoms with Crippen molar-refractivity contribution in [3.8, 4) is 0 Å². The van der Waals surface area contributed by atoms with E-state index in [2.05, 4.69) is 26.0 Å². The number of hydrogen-bond donors (Lipinski definition) is 3. The third-order valence-electron chi connectivity index (χ3n) is 1.98. The van der Waals surface area contributed by atoms with Crippen molar-refractivity contribution < 1.29 is 152 Å². The average Bonchev–Trinajstić information content (AvgIpc) is 2.18. The van der Waals surface area contributed by atoms with Gasteiger partial charge in [-0.1, -0.05) is 21.0 Å². The fourth-order valence-electron chi connectivity index (χ4n) is 1.17. The van der Waals surface area contributed by atoms with Gasteiger partial charge in [-0.3, -0.25) is 0 Å². The zero-order valence-electron chi connectivity index (χ0n) is 8.80. The second-order valence-electron chi connectivity index (χ2n) is 2.91. The van der Waals surface area contributed by atoms with Crippen molar-refractivity contribution in [1.82, 2.24) is 0 Å². The number of hydrogen-bond acceptors (Lipinski definition) is 5. The minimum Gasteiger partial charge on any atom is -0.388 e. The minimum absolute atomic E-state index is 0. The summed E-state index contributed by atoms with van der Waals surface area (Å²) in [6.45, 7) is -0.0937. The van der Waals surface area contributed by atoms with Crippen molar-refractivity contribution in [2.75, 3.05) is 6.54 Å². The largest absolute Gasteiger partial charge is 0.388 e. The van der Waals surface area contributed by atoms with E-state index in [4.69, 9.17) is 10.3 Å². The molecule has 1 rings (SSSR count). The summed E-state index contributed by atoms with van der Waals surface area (Å²) in [6, 6.07) is 0. The maximum atomic E-state index is 9.41. The Morgan fingerprint density at radius 2 is 1.65 bits per heavy atom. The average molecular weight is 949 g/mol. The molecule has 3 N–H and O–H groups in total. The number of alkyl halides is 1. The zero-order valence-corrected chi connectivity index (χ0v) is 24.6. The molecule has 1 saturated heterocycles. The van der Waals surface area contributed by atoms with Gasteiger partial charge in [-0.05, 0) is 5.53 Å². The normalized spacial score (nSPS) is 35.4. The topological polar surface area (TPSA) is 119 Å². The fourth-order valence-corrected chi connectivity index (χ4v) is 1.76. The molecule has 0 aromatic rings. The smallest absolute Gasteiger partial charge is 0.141 e. The molecule has 3 radical (unpaired) electrons. The van der Waals surface area contributed by atoms with Crippen molar-refractivity contribution in [2.45, 2.75) is 29.4 Å². The van der Waals surface area contributed by atoms with Gasteiger partial charge in [0.15, 0.2) is 0 Å². The van der Waals surface area contributed by atoms with Gasteiger partial charge >= 0.3 is 0 Å². The van der Waals surface area contributed by atoms with Crippen molar-refractivity contribution in [2.24, 2.45) is 5.11 Å². The molecular formula is C6H10Ac3BrN3O4. The van der Waals surface area contributed by atoms with Crippen LogP contribution in [0.3, 0.4) is 0 Å². The molecule has 1 aliphatic heterocycles. The molecule has 0 aliphatic carbocycles. The Balaban J connectivity index is -0.000000653. The molecule has 89 valence electrons. The predicted octanol–water partition coefficient (Wildman–Crippen LogP) is -0.501. The van der Waals surface area contributed by atoms with Crippen LogP contribution in [0.1, 0.15) is 0 Å². The maximum Gasteiger partial charge on any atom is 0.141 e. The molecule has 0 bridgehead atoms. The van der Waals surface area contributed by atoms with Gasteiger partial charge in [-0.15, -0.1) is 0 Å². The molecule has 0 saturated carbocycles. The summed E-state index contributed by atoms with van der Waals surface area (Å²) in [6.07, 6.45) is -4.59. The van der Waals surface area contributed by atoms with E-state index >= 15 is 0 Å². The van der Waals surface area contributed by atoms with Crippen LogP contribution in [-0.4, -0.2) is 51.3 Å². The first kappa shape index (κ1) is 25.9. The molecule has 4 unspecified atom stereocenters. The van der Waals surface area contributed by atoms with Gasteiger partial charge < -0.3 is 20.1 Å². The molecule has 0 spiro atoms. The van der Waals surface area contributed by atoms with Crippen LogP contribution in [0.2, 0.25) is 0 Å². The van der Waals surface area contributed by atoms with E-state index in [0.717, 1.165) is 0 Å². The first-order valence-corrected chi connectivity index (χ1v) is 4.84. The summed E-state index contributed by atoms with van der Waals surface area (Å²) < 4.78 is 5.08. The summed E-state index contributed by atoms with van der Waals surface area (Å²) >= 11 is 2.98. The SMILES string of the molecule is [Ac].[Ac].[Ac].[N-]=[N+]=NC[C@H]1OC(Br)C(O)C(O)C1O. The van der Waals surface area contributed by atoms with Gasteiger partial charge in [-0.2, -0.15) is 0 Å². The first-order valence-electron chi connectivity index (χ1n) is 3.92. The van der Waals surface area contributed by atoms with Gasteiger partial charge in [0, 0.05) is 137 Å². The van der Waals surface area contributed by atoms with Crippen LogP contribution >= 0.6 is 15.9 Å². The third kappa shape index (κ3) is 8.23. The zero-order chi connectivity index (χ0) is 10.7. The monoisotopic (exact) mass is 948 g/mol. The second-order valence-corrected chi connectivity index (χ2v) is 3.81. The number of aliphatic hydroxyl groups is 3. The molecule has 1 fully saturated rings. The van der Waals surface area contributed by atoms with E-state index in [0.29, 0.717) is 0 Å². The number of ether oxygens (including phenoxy) is 1. The van der Waals surface area contributed by atoms with E-state index in [-0.39, 0.29) is 139 Å². The Kier molecular flexibility index (Phi) is 20.7. The number of halogens is 1. The van der Waals surface area contributed by atoms with Gasteiger partial charge in [-0.25, -0.2) is 0 Å². The summed E-state index contributed by atoms with van der Waals surface area (Å²) in [5.74, 6) is 0. The molecule has 11 heteroatoms. The van der Waals surface area contributed by atoms with E-state index in [9.17, 15) is 15.3 Å². The molecule has 0 aromatic heterocycles. The summed E-state index contributed by atoms with van der Waals surface area (Å²) in [7, 11) is 0. The summed E-state index contributed by atoms with van der Waals surface area (Å²) in [5, 5.41) is 30.5. The van der Waals surface area contributed by atoms with Crippen molar-refractivity contribution >= 4 is 15.9 Å². The Morgan fingerprint density at radius 3 is 2.12 bits per heavy atom. The van der Waals surface area contributed by atoms with Crippen LogP contribution in [0.25, 0.3) is 10.4 Å². The van der Waals surface area contributed by atoms with Crippen LogP contribution < -0.4 is 0 Å². The van der Waals surface area contributed by atoms with E-state index in [1.807, 2.05) is 0 Å². The molecule has 0 aromatic carbocycles. The number of rotatable bonds is 2. The number of azide groups is 1. The third-order valence-corrected chi connectivity index (χ3v) is 2.74. The second kappa shape index (κ2) is 13.6. The Bertz CT molecular complexity index is 259. The molecule has 1 aliphatic rings. The van der Waals surface area contributed by atoms with Gasteiger partial charge in [0.2, 0.25) is 0 Å². The Morgan fingerprint density at radius 1 is 1.12 bits per heavy atom. The van der Waals surface area contributed by atoms with E-state index in [1.54, 1.807) is 0 Å². The quantitative estimate of drug-likeness (QED) is 0.150. The first-order chi connectivity index (χ1) is 6.57. The standard InChI is InChI=1S/C6H10BrN3O4.3Ac/c7-6-5(13)4(12)3(11)2(14-6)1-9-10-8;;;/h2-6,11-13H,1H2;;;/t2-,3?,4?,5?,6?;;;/m1.../s1. The maximum absolute atomic E-state index is 9.41. The molecule has 7 nitrogen and oxygen atoms in total. The van der Waals surface area contributed by atoms with Crippen molar-refractivity contribution in [3.05, 3.63) is 10.4 Å². The molecular weight excluding hydrogens is 939 g/mol. The van der Waals surface area contributed by atoms with Crippen LogP contribution in [0.5, 0.6) is 0 Å². The van der Waals surface area contributed by atoms with E-state index < -0.39 is 29.4 Å². The Hall–Kier alpha value is 3.95. The fraction of sp³-hybridized carbons (Fsp3) is 1.00. The van der Waals surface area contributed by atoms with Crippen LogP contribution in [-0.2, 0) is 4.74 Å². The minimum atomic E-state index is -1.31. The Labute approximate surface area is 214 Å². The van der Waals surface area contributed by atoms with Gasteiger partial charge in [0.25, 0.3) is 0 Å². The summed E-state index contributed by atoms with van der Waals surface area (Å²) in [4.78, 5) is 2.51. The number of aliphatic hydroxyl groups excluding tert-OH is 3. The van der Waals surface area contributed by atoms with Gasteiger partial charge in [0.05, 0.1) is 12.6 Å². The van der Waals surface area contributed by atoms with Crippen molar-refractivity contribution in [1.29, 1.82) is 0 Å². The molecule has 5 atom stereocenters. The van der Waals surface area contributed by atoms with E-state index in [1.165, 1.54) is 0 Å². The van der Waals surface area contributed by atoms with Crippen molar-refractivity contribution in [3.63, 3.8) is 0 Å². The summed E-state index contributed by atoms with van der Waals surface area (Å²) in [5.41, 5.74) is 8.06. The number of nitrogens with zero attached hydrogens (tertiary/aromatic N) is 3. The van der Waals surface area contributed by atoms with Gasteiger partial charge in [0.1, 0.15) is 23.3 Å². The van der Waals surface area contributed by atoms with Crippen LogP contribution in [0.15, 0.2) is 5.11 Å². The molecule has 1 heterocycles. The van der Waals surface area contributed by atoms with Crippen LogP contribution in [0.4, 0.5) is 0 Å².